The van der Waals surface area contributed by atoms with Gasteiger partial charge in [-0.1, -0.05) is 37.3 Å². The van der Waals surface area contributed by atoms with Gasteiger partial charge in [0.15, 0.2) is 0 Å². The van der Waals surface area contributed by atoms with Gasteiger partial charge in [0.2, 0.25) is 5.91 Å². The molecule has 1 atom stereocenters. The highest BCUT2D eigenvalue weighted by atomic mass is 16.2. The summed E-state index contributed by atoms with van der Waals surface area (Å²) in [6.45, 7) is 2.83. The van der Waals surface area contributed by atoms with Crippen molar-refractivity contribution in [1.29, 1.82) is 0 Å². The Labute approximate surface area is 141 Å². The van der Waals surface area contributed by atoms with E-state index in [1.54, 1.807) is 0 Å². The molecule has 0 N–H and O–H groups in total. The van der Waals surface area contributed by atoms with Gasteiger partial charge in [-0.3, -0.25) is 4.79 Å². The van der Waals surface area contributed by atoms with Crippen molar-refractivity contribution in [2.24, 2.45) is 7.05 Å². The molecule has 1 aliphatic rings. The molecular weight excluding hydrogens is 298 g/mol. The van der Waals surface area contributed by atoms with Crippen LogP contribution in [0.25, 0.3) is 11.0 Å². The number of fused-ring (bicyclic) bond motifs is 1. The Balaban J connectivity index is 1.69. The lowest BCUT2D eigenvalue weighted by Crippen LogP contribution is -2.25. The summed E-state index contributed by atoms with van der Waals surface area (Å²) in [5.74, 6) is 1.33. The van der Waals surface area contributed by atoms with Crippen LogP contribution >= 0.6 is 0 Å². The molecule has 4 nitrogen and oxygen atoms in total. The smallest absolute Gasteiger partial charge is 0.227 e. The van der Waals surface area contributed by atoms with Crippen LogP contribution < -0.4 is 4.90 Å². The fourth-order valence-electron chi connectivity index (χ4n) is 3.72. The zero-order chi connectivity index (χ0) is 16.7. The first kappa shape index (κ1) is 14.9. The van der Waals surface area contributed by atoms with Gasteiger partial charge in [-0.2, -0.15) is 0 Å². The number of amides is 1. The van der Waals surface area contributed by atoms with E-state index in [4.69, 9.17) is 4.98 Å². The average Bonchev–Trinajstić information content (AvgIpc) is 3.15. The molecule has 1 aromatic heterocycles. The van der Waals surface area contributed by atoms with Gasteiger partial charge < -0.3 is 9.47 Å². The highest BCUT2D eigenvalue weighted by Gasteiger charge is 2.34. The van der Waals surface area contributed by atoms with Crippen molar-refractivity contribution in [3.8, 4) is 0 Å². The summed E-state index contributed by atoms with van der Waals surface area (Å²) >= 11 is 0. The zero-order valence-corrected chi connectivity index (χ0v) is 14.1. The van der Waals surface area contributed by atoms with Gasteiger partial charge in [-0.05, 0) is 30.2 Å². The molecule has 1 fully saturated rings. The third-order valence-corrected chi connectivity index (χ3v) is 4.98. The topological polar surface area (TPSA) is 38.1 Å². The number of rotatable bonds is 3. The number of anilines is 1. The number of imidazole rings is 1. The maximum atomic E-state index is 12.6. The molecule has 0 bridgehead atoms. The number of aryl methyl sites for hydroxylation is 2. The van der Waals surface area contributed by atoms with Gasteiger partial charge in [0, 0.05) is 31.6 Å². The van der Waals surface area contributed by atoms with Crippen molar-refractivity contribution >= 4 is 22.6 Å². The number of nitrogens with zero attached hydrogens (tertiary/aromatic N) is 3. The second kappa shape index (κ2) is 5.78. The Hall–Kier alpha value is -2.62. The monoisotopic (exact) mass is 319 g/mol. The van der Waals surface area contributed by atoms with Crippen molar-refractivity contribution in [2.75, 3.05) is 11.4 Å². The highest BCUT2D eigenvalue weighted by Crippen LogP contribution is 2.34. The summed E-state index contributed by atoms with van der Waals surface area (Å²) in [6, 6.07) is 16.3. The molecule has 1 saturated heterocycles. The zero-order valence-electron chi connectivity index (χ0n) is 14.1. The number of hydrogen-bond acceptors (Lipinski definition) is 2. The molecule has 3 aromatic rings. The van der Waals surface area contributed by atoms with E-state index in [1.165, 1.54) is 5.56 Å². The molecule has 1 aliphatic heterocycles. The van der Waals surface area contributed by atoms with E-state index in [2.05, 4.69) is 23.6 Å². The lowest BCUT2D eigenvalue weighted by Gasteiger charge is -2.20. The minimum atomic E-state index is 0.139. The molecule has 122 valence electrons. The Kier molecular flexibility index (Phi) is 3.60. The van der Waals surface area contributed by atoms with Crippen LogP contribution in [0.4, 0.5) is 5.69 Å². The number of hydrogen-bond donors (Lipinski definition) is 0. The summed E-state index contributed by atoms with van der Waals surface area (Å²) in [6.07, 6.45) is 1.45. The van der Waals surface area contributed by atoms with E-state index < -0.39 is 0 Å². The third kappa shape index (κ3) is 2.30. The minimum absolute atomic E-state index is 0.139. The van der Waals surface area contributed by atoms with Crippen LogP contribution in [0.2, 0.25) is 0 Å². The van der Waals surface area contributed by atoms with Crippen LogP contribution in [-0.2, 0) is 18.3 Å². The molecule has 4 rings (SSSR count). The van der Waals surface area contributed by atoms with Crippen LogP contribution in [0.15, 0.2) is 48.5 Å². The molecular formula is C20H21N3O. The fourth-order valence-corrected chi connectivity index (χ4v) is 3.72. The lowest BCUT2D eigenvalue weighted by atomic mass is 10.1. The van der Waals surface area contributed by atoms with Crippen LogP contribution in [0.3, 0.4) is 0 Å². The fraction of sp³-hybridized carbons (Fsp3) is 0.300. The number of benzene rings is 2. The lowest BCUT2D eigenvalue weighted by molar-refractivity contribution is -0.117. The molecule has 2 heterocycles. The van der Waals surface area contributed by atoms with Crippen molar-refractivity contribution in [3.63, 3.8) is 0 Å². The van der Waals surface area contributed by atoms with Crippen LogP contribution in [-0.4, -0.2) is 22.0 Å². The Bertz CT molecular complexity index is 912. The van der Waals surface area contributed by atoms with Crippen molar-refractivity contribution < 1.29 is 4.79 Å². The average molecular weight is 319 g/mol. The molecule has 2 aromatic carbocycles. The van der Waals surface area contributed by atoms with Crippen molar-refractivity contribution in [2.45, 2.75) is 25.7 Å². The van der Waals surface area contributed by atoms with Gasteiger partial charge in [-0.15, -0.1) is 0 Å². The standard InChI is InChI=1S/C20H21N3O/c1-3-14-8-4-6-10-17(14)23-13-15(12-19(23)24)20-21-16-9-5-7-11-18(16)22(20)2/h4-11,15H,3,12-13H2,1-2H3/t15-/m1/s1. The van der Waals surface area contributed by atoms with Crippen molar-refractivity contribution in [1.82, 2.24) is 9.55 Å². The molecule has 0 unspecified atom stereocenters. The summed E-state index contributed by atoms with van der Waals surface area (Å²) in [4.78, 5) is 19.4. The van der Waals surface area contributed by atoms with Crippen LogP contribution in [0, 0.1) is 0 Å². The summed E-state index contributed by atoms with van der Waals surface area (Å²) < 4.78 is 2.13. The van der Waals surface area contributed by atoms with Gasteiger partial charge in [-0.25, -0.2) is 4.98 Å². The Morgan fingerprint density at radius 2 is 1.88 bits per heavy atom. The van der Waals surface area contributed by atoms with Gasteiger partial charge >= 0.3 is 0 Å². The van der Waals surface area contributed by atoms with Crippen LogP contribution in [0.1, 0.15) is 30.7 Å². The first-order chi connectivity index (χ1) is 11.7. The summed E-state index contributed by atoms with van der Waals surface area (Å²) in [7, 11) is 2.04. The van der Waals surface area contributed by atoms with E-state index >= 15 is 0 Å². The predicted octanol–water partition coefficient (Wildman–Crippen LogP) is 3.66. The quantitative estimate of drug-likeness (QED) is 0.739. The number of carbonyl (C=O) groups is 1. The summed E-state index contributed by atoms with van der Waals surface area (Å²) in [5.41, 5.74) is 4.38. The van der Waals surface area contributed by atoms with E-state index in [0.29, 0.717) is 13.0 Å². The molecule has 4 heteroatoms. The van der Waals surface area contributed by atoms with E-state index in [9.17, 15) is 4.79 Å². The second-order valence-corrected chi connectivity index (χ2v) is 6.41. The second-order valence-electron chi connectivity index (χ2n) is 6.41. The van der Waals surface area contributed by atoms with Gasteiger partial charge in [0.1, 0.15) is 5.82 Å². The molecule has 24 heavy (non-hydrogen) atoms. The first-order valence-electron chi connectivity index (χ1n) is 8.48. The molecule has 0 saturated carbocycles. The first-order valence-corrected chi connectivity index (χ1v) is 8.48. The van der Waals surface area contributed by atoms with Crippen molar-refractivity contribution in [3.05, 3.63) is 59.9 Å². The predicted molar refractivity (Wildman–Crippen MR) is 96.2 cm³/mol. The summed E-state index contributed by atoms with van der Waals surface area (Å²) in [5, 5.41) is 0. The Morgan fingerprint density at radius 3 is 2.67 bits per heavy atom. The van der Waals surface area contributed by atoms with E-state index in [1.807, 2.05) is 48.3 Å². The molecule has 0 spiro atoms. The SMILES string of the molecule is CCc1ccccc1N1C[C@H](c2nc3ccccc3n2C)CC1=O. The maximum absolute atomic E-state index is 12.6. The van der Waals surface area contributed by atoms with Gasteiger partial charge in [0.25, 0.3) is 0 Å². The molecule has 1 amide bonds. The normalized spacial score (nSPS) is 17.8. The third-order valence-electron chi connectivity index (χ3n) is 4.98. The Morgan fingerprint density at radius 1 is 1.12 bits per heavy atom. The largest absolute Gasteiger partial charge is 0.331 e. The number of carbonyl (C=O) groups excluding carboxylic acids is 1. The maximum Gasteiger partial charge on any atom is 0.227 e. The number of aromatic nitrogens is 2. The highest BCUT2D eigenvalue weighted by molar-refractivity contribution is 5.97. The number of para-hydroxylation sites is 3. The molecule has 0 aliphatic carbocycles. The minimum Gasteiger partial charge on any atom is -0.331 e. The van der Waals surface area contributed by atoms with Crippen LogP contribution in [0.5, 0.6) is 0 Å². The van der Waals surface area contributed by atoms with Gasteiger partial charge in [0.05, 0.1) is 11.0 Å². The molecule has 0 radical (unpaired) electrons. The van der Waals surface area contributed by atoms with E-state index in [-0.39, 0.29) is 11.8 Å². The van der Waals surface area contributed by atoms with E-state index in [0.717, 1.165) is 29.0 Å².